The van der Waals surface area contributed by atoms with Crippen LogP contribution in [0.25, 0.3) is 0 Å². The first-order valence-corrected chi connectivity index (χ1v) is 4.83. The van der Waals surface area contributed by atoms with Crippen LogP contribution in [0.4, 0.5) is 5.69 Å². The average Bonchev–Trinajstić information content (AvgIpc) is 2.16. The molecule has 0 fully saturated rings. The molecule has 0 saturated carbocycles. The summed E-state index contributed by atoms with van der Waals surface area (Å²) in [6.45, 7) is 1.59. The summed E-state index contributed by atoms with van der Waals surface area (Å²) in [5.41, 5.74) is 2.27. The summed E-state index contributed by atoms with van der Waals surface area (Å²) in [7, 11) is 2.05. The molecule has 14 heavy (non-hydrogen) atoms. The monoisotopic (exact) mass is 190 g/mol. The van der Waals surface area contributed by atoms with Crippen LogP contribution in [0.1, 0.15) is 5.56 Å². The lowest BCUT2D eigenvalue weighted by atomic mass is 10.1. The van der Waals surface area contributed by atoms with Gasteiger partial charge in [-0.2, -0.15) is 0 Å². The van der Waals surface area contributed by atoms with Crippen LogP contribution >= 0.6 is 0 Å². The molecule has 0 unspecified atom stereocenters. The first kappa shape index (κ1) is 9.06. The minimum absolute atomic E-state index is 0.116. The van der Waals surface area contributed by atoms with Gasteiger partial charge in [0.1, 0.15) is 0 Å². The molecule has 0 radical (unpaired) electrons. The highest BCUT2D eigenvalue weighted by atomic mass is 16.1. The number of amides is 1. The summed E-state index contributed by atoms with van der Waals surface area (Å²) in [5.74, 6) is 0.116. The van der Waals surface area contributed by atoms with E-state index in [0.717, 1.165) is 18.7 Å². The van der Waals surface area contributed by atoms with E-state index < -0.39 is 0 Å². The van der Waals surface area contributed by atoms with Crippen molar-refractivity contribution in [3.8, 4) is 0 Å². The van der Waals surface area contributed by atoms with E-state index in [2.05, 4.69) is 23.3 Å². The molecule has 0 saturated heterocycles. The number of benzene rings is 1. The Morgan fingerprint density at radius 1 is 1.36 bits per heavy atom. The smallest absolute Gasteiger partial charge is 0.224 e. The van der Waals surface area contributed by atoms with Crippen molar-refractivity contribution in [3.05, 3.63) is 29.8 Å². The quantitative estimate of drug-likeness (QED) is 0.656. The predicted octanol–water partition coefficient (Wildman–Crippen LogP) is 0.795. The van der Waals surface area contributed by atoms with Gasteiger partial charge in [0.05, 0.1) is 6.42 Å². The molecular formula is C11H14N2O. The summed E-state index contributed by atoms with van der Waals surface area (Å²) in [6, 6.07) is 8.06. The predicted molar refractivity (Wildman–Crippen MR) is 56.4 cm³/mol. The van der Waals surface area contributed by atoms with E-state index in [0.29, 0.717) is 6.42 Å². The first-order chi connectivity index (χ1) is 6.77. The zero-order chi connectivity index (χ0) is 9.97. The molecule has 1 aliphatic rings. The second-order valence-electron chi connectivity index (χ2n) is 3.58. The van der Waals surface area contributed by atoms with Gasteiger partial charge in [0.2, 0.25) is 5.91 Å². The van der Waals surface area contributed by atoms with Crippen LogP contribution in [-0.4, -0.2) is 26.0 Å². The molecule has 0 spiro atoms. The van der Waals surface area contributed by atoms with Gasteiger partial charge in [0.15, 0.2) is 0 Å². The van der Waals surface area contributed by atoms with Gasteiger partial charge in [-0.1, -0.05) is 18.2 Å². The fraction of sp³-hybridized carbons (Fsp3) is 0.364. The Kier molecular flexibility index (Phi) is 2.39. The van der Waals surface area contributed by atoms with Crippen molar-refractivity contribution in [1.29, 1.82) is 0 Å². The van der Waals surface area contributed by atoms with Gasteiger partial charge in [0, 0.05) is 25.8 Å². The maximum Gasteiger partial charge on any atom is 0.224 e. The van der Waals surface area contributed by atoms with Crippen LogP contribution in [-0.2, 0) is 11.2 Å². The molecule has 1 aliphatic heterocycles. The van der Waals surface area contributed by atoms with Crippen LogP contribution in [0.15, 0.2) is 24.3 Å². The molecule has 74 valence electrons. The number of nitrogens with zero attached hydrogens (tertiary/aromatic N) is 1. The molecule has 3 nitrogen and oxygen atoms in total. The molecule has 3 heteroatoms. The largest absolute Gasteiger partial charge is 0.373 e. The van der Waals surface area contributed by atoms with Crippen LogP contribution in [0.3, 0.4) is 0 Å². The normalized spacial score (nSPS) is 16.6. The second kappa shape index (κ2) is 3.70. The maximum absolute atomic E-state index is 11.4. The Bertz CT molecular complexity index is 349. The summed E-state index contributed by atoms with van der Waals surface area (Å²) in [4.78, 5) is 13.6. The van der Waals surface area contributed by atoms with E-state index in [1.54, 1.807) is 0 Å². The number of carbonyl (C=O) groups excluding carboxylic acids is 1. The fourth-order valence-corrected chi connectivity index (χ4v) is 1.75. The Hall–Kier alpha value is -1.51. The van der Waals surface area contributed by atoms with Crippen molar-refractivity contribution >= 4 is 11.6 Å². The molecule has 2 rings (SSSR count). The van der Waals surface area contributed by atoms with Gasteiger partial charge >= 0.3 is 0 Å². The van der Waals surface area contributed by atoms with Gasteiger partial charge in [0.25, 0.3) is 0 Å². The van der Waals surface area contributed by atoms with Crippen molar-refractivity contribution in [2.24, 2.45) is 0 Å². The zero-order valence-electron chi connectivity index (χ0n) is 8.29. The molecule has 0 atom stereocenters. The lowest BCUT2D eigenvalue weighted by Crippen LogP contribution is -2.36. The highest BCUT2D eigenvalue weighted by molar-refractivity contribution is 5.81. The van der Waals surface area contributed by atoms with Gasteiger partial charge in [-0.3, -0.25) is 4.79 Å². The summed E-state index contributed by atoms with van der Waals surface area (Å²) in [6.07, 6.45) is 0.487. The fourth-order valence-electron chi connectivity index (χ4n) is 1.75. The first-order valence-electron chi connectivity index (χ1n) is 4.83. The molecule has 1 aromatic rings. The number of likely N-dealkylation sites (N-methyl/N-ethyl adjacent to an activating group) is 1. The van der Waals surface area contributed by atoms with Crippen LogP contribution in [0, 0.1) is 0 Å². The number of anilines is 1. The Balaban J connectivity index is 2.37. The molecule has 1 N–H and O–H groups in total. The minimum atomic E-state index is 0.116. The van der Waals surface area contributed by atoms with E-state index in [1.807, 2.05) is 18.2 Å². The van der Waals surface area contributed by atoms with E-state index >= 15 is 0 Å². The maximum atomic E-state index is 11.4. The summed E-state index contributed by atoms with van der Waals surface area (Å²) >= 11 is 0. The summed E-state index contributed by atoms with van der Waals surface area (Å²) < 4.78 is 0. The van der Waals surface area contributed by atoms with E-state index in [9.17, 15) is 4.79 Å². The molecule has 0 bridgehead atoms. The average molecular weight is 190 g/mol. The zero-order valence-corrected chi connectivity index (χ0v) is 8.29. The van der Waals surface area contributed by atoms with Crippen LogP contribution in [0.5, 0.6) is 0 Å². The number of fused-ring (bicyclic) bond motifs is 1. The molecule has 1 heterocycles. The number of para-hydroxylation sites is 1. The van der Waals surface area contributed by atoms with Gasteiger partial charge in [-0.25, -0.2) is 0 Å². The third-order valence-corrected chi connectivity index (χ3v) is 2.52. The van der Waals surface area contributed by atoms with E-state index in [4.69, 9.17) is 0 Å². The number of rotatable bonds is 0. The molecule has 0 aromatic heterocycles. The minimum Gasteiger partial charge on any atom is -0.373 e. The lowest BCUT2D eigenvalue weighted by Gasteiger charge is -2.25. The highest BCUT2D eigenvalue weighted by Crippen LogP contribution is 2.20. The summed E-state index contributed by atoms with van der Waals surface area (Å²) in [5, 5.41) is 2.88. The van der Waals surface area contributed by atoms with Crippen LogP contribution < -0.4 is 10.2 Å². The van der Waals surface area contributed by atoms with Crippen molar-refractivity contribution in [2.75, 3.05) is 25.0 Å². The highest BCUT2D eigenvalue weighted by Gasteiger charge is 2.13. The van der Waals surface area contributed by atoms with E-state index in [1.165, 1.54) is 5.69 Å². The van der Waals surface area contributed by atoms with Gasteiger partial charge < -0.3 is 10.2 Å². The van der Waals surface area contributed by atoms with Gasteiger partial charge in [-0.05, 0) is 11.6 Å². The topological polar surface area (TPSA) is 32.3 Å². The second-order valence-corrected chi connectivity index (χ2v) is 3.58. The Morgan fingerprint density at radius 3 is 3.00 bits per heavy atom. The Morgan fingerprint density at radius 2 is 2.14 bits per heavy atom. The standard InChI is InChI=1S/C11H14N2O/c1-13-7-6-12-11(14)8-9-4-2-3-5-10(9)13/h2-5H,6-8H2,1H3,(H,12,14). The Labute approximate surface area is 83.7 Å². The van der Waals surface area contributed by atoms with E-state index in [-0.39, 0.29) is 5.91 Å². The number of hydrogen-bond acceptors (Lipinski definition) is 2. The lowest BCUT2D eigenvalue weighted by molar-refractivity contribution is -0.120. The van der Waals surface area contributed by atoms with Gasteiger partial charge in [-0.15, -0.1) is 0 Å². The number of hydrogen-bond donors (Lipinski definition) is 1. The number of carbonyl (C=O) groups is 1. The third kappa shape index (κ3) is 1.71. The van der Waals surface area contributed by atoms with Crippen molar-refractivity contribution < 1.29 is 4.79 Å². The molecular weight excluding hydrogens is 176 g/mol. The molecule has 1 amide bonds. The third-order valence-electron chi connectivity index (χ3n) is 2.52. The van der Waals surface area contributed by atoms with Crippen molar-refractivity contribution in [2.45, 2.75) is 6.42 Å². The SMILES string of the molecule is CN1CCNC(=O)Cc2ccccc21. The molecule has 0 aliphatic carbocycles. The van der Waals surface area contributed by atoms with Crippen molar-refractivity contribution in [1.82, 2.24) is 5.32 Å². The van der Waals surface area contributed by atoms with Crippen molar-refractivity contribution in [3.63, 3.8) is 0 Å². The molecule has 1 aromatic carbocycles. The number of nitrogens with one attached hydrogen (secondary N) is 1. The van der Waals surface area contributed by atoms with Crippen LogP contribution in [0.2, 0.25) is 0 Å².